The number of aryl methyl sites for hydroxylation is 1. The second-order valence-electron chi connectivity index (χ2n) is 6.53. The Morgan fingerprint density at radius 3 is 2.68 bits per heavy atom. The summed E-state index contributed by atoms with van der Waals surface area (Å²) in [6, 6.07) is 13.8. The Balaban J connectivity index is 1.57. The highest BCUT2D eigenvalue weighted by Gasteiger charge is 2.39. The van der Waals surface area contributed by atoms with Gasteiger partial charge in [0.25, 0.3) is 0 Å². The minimum atomic E-state index is -0.956. The Hall–Kier alpha value is -2.40. The van der Waals surface area contributed by atoms with Gasteiger partial charge in [-0.3, -0.25) is 4.79 Å². The number of nitrogens with zero attached hydrogens (tertiary/aromatic N) is 1. The molecule has 25 heavy (non-hydrogen) atoms. The molecule has 2 aromatic rings. The van der Waals surface area contributed by atoms with Crippen LogP contribution in [0.4, 0.5) is 0 Å². The first-order valence-corrected chi connectivity index (χ1v) is 8.61. The molecule has 1 heterocycles. The predicted octanol–water partition coefficient (Wildman–Crippen LogP) is 2.86. The van der Waals surface area contributed by atoms with Crippen molar-refractivity contribution in [2.75, 3.05) is 13.7 Å². The number of amides is 1. The molecule has 0 spiro atoms. The van der Waals surface area contributed by atoms with Crippen molar-refractivity contribution in [3.63, 3.8) is 0 Å². The Morgan fingerprint density at radius 1 is 1.20 bits per heavy atom. The summed E-state index contributed by atoms with van der Waals surface area (Å²) in [5.41, 5.74) is 1.19. The van der Waals surface area contributed by atoms with E-state index in [0.29, 0.717) is 25.8 Å². The van der Waals surface area contributed by atoms with Crippen LogP contribution in [0.15, 0.2) is 42.5 Å². The van der Waals surface area contributed by atoms with E-state index in [4.69, 9.17) is 4.74 Å². The van der Waals surface area contributed by atoms with Crippen LogP contribution in [-0.4, -0.2) is 47.7 Å². The molecule has 1 saturated heterocycles. The summed E-state index contributed by atoms with van der Waals surface area (Å²) >= 11 is 0. The SMILES string of the molecule is COC1CC(C(=O)O)N(C(=O)CCCc2ccc3ccccc3c2)C1. The third kappa shape index (κ3) is 3.99. The Bertz CT molecular complexity index is 773. The maximum Gasteiger partial charge on any atom is 0.326 e. The summed E-state index contributed by atoms with van der Waals surface area (Å²) in [4.78, 5) is 25.2. The van der Waals surface area contributed by atoms with E-state index in [9.17, 15) is 14.7 Å². The molecule has 2 atom stereocenters. The molecule has 0 radical (unpaired) electrons. The molecule has 1 aliphatic rings. The molecule has 5 heteroatoms. The van der Waals surface area contributed by atoms with Crippen LogP contribution in [0, 0.1) is 0 Å². The number of benzene rings is 2. The number of aliphatic carboxylic acids is 1. The zero-order valence-electron chi connectivity index (χ0n) is 14.4. The molecule has 5 nitrogen and oxygen atoms in total. The van der Waals surface area contributed by atoms with E-state index in [1.165, 1.54) is 21.2 Å². The highest BCUT2D eigenvalue weighted by Crippen LogP contribution is 2.22. The molecular formula is C20H23NO4. The molecule has 1 N–H and O–H groups in total. The van der Waals surface area contributed by atoms with Crippen molar-refractivity contribution in [3.05, 3.63) is 48.0 Å². The molecule has 132 valence electrons. The van der Waals surface area contributed by atoms with Crippen molar-refractivity contribution < 1.29 is 19.4 Å². The van der Waals surface area contributed by atoms with E-state index in [-0.39, 0.29) is 12.0 Å². The fourth-order valence-corrected chi connectivity index (χ4v) is 3.46. The highest BCUT2D eigenvalue weighted by molar-refractivity contribution is 5.85. The number of carboxylic acids is 1. The zero-order valence-corrected chi connectivity index (χ0v) is 14.4. The van der Waals surface area contributed by atoms with Crippen molar-refractivity contribution in [1.29, 1.82) is 0 Å². The van der Waals surface area contributed by atoms with Gasteiger partial charge in [-0.2, -0.15) is 0 Å². The van der Waals surface area contributed by atoms with E-state index >= 15 is 0 Å². The van der Waals surface area contributed by atoms with Gasteiger partial charge in [-0.15, -0.1) is 0 Å². The van der Waals surface area contributed by atoms with Gasteiger partial charge in [0.2, 0.25) is 5.91 Å². The van der Waals surface area contributed by atoms with E-state index < -0.39 is 12.0 Å². The Labute approximate surface area is 147 Å². The lowest BCUT2D eigenvalue weighted by Gasteiger charge is -2.21. The van der Waals surface area contributed by atoms with Gasteiger partial charge >= 0.3 is 5.97 Å². The molecule has 3 rings (SSSR count). The van der Waals surface area contributed by atoms with Crippen LogP contribution in [0.5, 0.6) is 0 Å². The maximum atomic E-state index is 12.4. The smallest absolute Gasteiger partial charge is 0.326 e. The normalized spacial score (nSPS) is 20.1. The Kier molecular flexibility index (Phi) is 5.34. The van der Waals surface area contributed by atoms with Crippen molar-refractivity contribution >= 4 is 22.6 Å². The number of rotatable bonds is 6. The third-order valence-corrected chi connectivity index (χ3v) is 4.87. The number of fused-ring (bicyclic) bond motifs is 1. The second kappa shape index (κ2) is 7.66. The molecule has 0 bridgehead atoms. The van der Waals surface area contributed by atoms with Gasteiger partial charge in [0.05, 0.1) is 6.10 Å². The average Bonchev–Trinajstić information content (AvgIpc) is 3.06. The zero-order chi connectivity index (χ0) is 17.8. The maximum absolute atomic E-state index is 12.4. The number of methoxy groups -OCH3 is 1. The van der Waals surface area contributed by atoms with E-state index in [0.717, 1.165) is 6.42 Å². The molecule has 0 saturated carbocycles. The number of carboxylic acid groups (broad SMARTS) is 1. The van der Waals surface area contributed by atoms with Crippen molar-refractivity contribution in [2.24, 2.45) is 0 Å². The summed E-state index contributed by atoms with van der Waals surface area (Å²) in [5.74, 6) is -1.06. The molecule has 0 aromatic heterocycles. The van der Waals surface area contributed by atoms with Gasteiger partial charge in [0, 0.05) is 26.5 Å². The average molecular weight is 341 g/mol. The quantitative estimate of drug-likeness (QED) is 0.877. The van der Waals surface area contributed by atoms with E-state index in [1.54, 1.807) is 7.11 Å². The van der Waals surface area contributed by atoms with Gasteiger partial charge < -0.3 is 14.7 Å². The number of hydrogen-bond acceptors (Lipinski definition) is 3. The lowest BCUT2D eigenvalue weighted by Crippen LogP contribution is -2.40. The topological polar surface area (TPSA) is 66.8 Å². The van der Waals surface area contributed by atoms with Crippen molar-refractivity contribution in [2.45, 2.75) is 37.8 Å². The summed E-state index contributed by atoms with van der Waals surface area (Å²) in [5, 5.41) is 11.7. The number of ether oxygens (including phenoxy) is 1. The third-order valence-electron chi connectivity index (χ3n) is 4.87. The summed E-state index contributed by atoms with van der Waals surface area (Å²) in [6.45, 7) is 0.363. The number of carbonyl (C=O) groups is 2. The molecule has 2 unspecified atom stereocenters. The highest BCUT2D eigenvalue weighted by atomic mass is 16.5. The number of likely N-dealkylation sites (tertiary alicyclic amines) is 1. The largest absolute Gasteiger partial charge is 0.480 e. The molecule has 1 amide bonds. The fraction of sp³-hybridized carbons (Fsp3) is 0.400. The lowest BCUT2D eigenvalue weighted by atomic mass is 10.0. The van der Waals surface area contributed by atoms with Crippen molar-refractivity contribution in [1.82, 2.24) is 4.90 Å². The standard InChI is InChI=1S/C20H23NO4/c1-25-17-12-18(20(23)24)21(13-17)19(22)8-4-5-14-9-10-15-6-2-3-7-16(15)11-14/h2-3,6-7,9-11,17-18H,4-5,8,12-13H2,1H3,(H,23,24). The van der Waals surface area contributed by atoms with Gasteiger partial charge in [-0.1, -0.05) is 42.5 Å². The molecule has 1 aliphatic heterocycles. The number of carbonyl (C=O) groups excluding carboxylic acids is 1. The van der Waals surface area contributed by atoms with Crippen LogP contribution in [0.1, 0.15) is 24.8 Å². The van der Waals surface area contributed by atoms with E-state index in [2.05, 4.69) is 30.3 Å². The monoisotopic (exact) mass is 341 g/mol. The van der Waals surface area contributed by atoms with Crippen LogP contribution in [0.25, 0.3) is 10.8 Å². The van der Waals surface area contributed by atoms with Gasteiger partial charge in [-0.05, 0) is 29.2 Å². The number of hydrogen-bond donors (Lipinski definition) is 1. The summed E-state index contributed by atoms with van der Waals surface area (Å²) in [6.07, 6.45) is 2.04. The van der Waals surface area contributed by atoms with E-state index in [1.807, 2.05) is 12.1 Å². The van der Waals surface area contributed by atoms with Crippen LogP contribution in [0.3, 0.4) is 0 Å². The molecular weight excluding hydrogens is 318 g/mol. The minimum absolute atomic E-state index is 0.104. The van der Waals surface area contributed by atoms with Crippen LogP contribution >= 0.6 is 0 Å². The van der Waals surface area contributed by atoms with Gasteiger partial charge in [0.15, 0.2) is 0 Å². The van der Waals surface area contributed by atoms with Crippen LogP contribution in [0.2, 0.25) is 0 Å². The molecule has 2 aromatic carbocycles. The summed E-state index contributed by atoms with van der Waals surface area (Å²) < 4.78 is 5.23. The second-order valence-corrected chi connectivity index (χ2v) is 6.53. The Morgan fingerprint density at radius 2 is 1.96 bits per heavy atom. The molecule has 1 fully saturated rings. The van der Waals surface area contributed by atoms with Gasteiger partial charge in [-0.25, -0.2) is 4.79 Å². The van der Waals surface area contributed by atoms with Gasteiger partial charge in [0.1, 0.15) is 6.04 Å². The fourth-order valence-electron chi connectivity index (χ4n) is 3.46. The first-order chi connectivity index (χ1) is 12.1. The summed E-state index contributed by atoms with van der Waals surface area (Å²) in [7, 11) is 1.55. The predicted molar refractivity (Wildman–Crippen MR) is 95.4 cm³/mol. The minimum Gasteiger partial charge on any atom is -0.480 e. The molecule has 0 aliphatic carbocycles. The van der Waals surface area contributed by atoms with Crippen LogP contribution < -0.4 is 0 Å². The van der Waals surface area contributed by atoms with Crippen LogP contribution in [-0.2, 0) is 20.7 Å². The van der Waals surface area contributed by atoms with Crippen molar-refractivity contribution in [3.8, 4) is 0 Å². The first-order valence-electron chi connectivity index (χ1n) is 8.61. The lowest BCUT2D eigenvalue weighted by molar-refractivity contribution is -0.148. The first kappa shape index (κ1) is 17.4.